The summed E-state index contributed by atoms with van der Waals surface area (Å²) in [5.41, 5.74) is 0. The average Bonchev–Trinajstić information content (AvgIpc) is 2.14. The van der Waals surface area contributed by atoms with E-state index in [0.29, 0.717) is 4.90 Å². The van der Waals surface area contributed by atoms with Crippen molar-refractivity contribution in [3.8, 4) is 11.5 Å². The summed E-state index contributed by atoms with van der Waals surface area (Å²) < 4.78 is 40.8. The molecule has 0 aliphatic rings. The molecule has 15 heavy (non-hydrogen) atoms. The number of hydrogen-bond acceptors (Lipinski definition) is 5. The maximum absolute atomic E-state index is 11.1. The van der Waals surface area contributed by atoms with Gasteiger partial charge < -0.3 is 9.47 Å². The molecule has 84 valence electrons. The third-order valence-electron chi connectivity index (χ3n) is 1.70. The molecule has 5 nitrogen and oxygen atoms in total. The van der Waals surface area contributed by atoms with Crippen LogP contribution in [0.15, 0.2) is 21.9 Å². The van der Waals surface area contributed by atoms with Crippen LogP contribution in [-0.2, 0) is 10.1 Å². The zero-order valence-electron chi connectivity index (χ0n) is 8.09. The van der Waals surface area contributed by atoms with Gasteiger partial charge in [-0.15, -0.1) is 12.6 Å². The minimum atomic E-state index is -4.39. The molecule has 0 saturated heterocycles. The van der Waals surface area contributed by atoms with Gasteiger partial charge in [-0.05, 0) is 12.1 Å². The van der Waals surface area contributed by atoms with E-state index in [1.165, 1.54) is 26.4 Å². The van der Waals surface area contributed by atoms with Gasteiger partial charge in [-0.2, -0.15) is 8.42 Å². The fraction of sp³-hybridized carbons (Fsp3) is 0.250. The predicted octanol–water partition coefficient (Wildman–Crippen LogP) is 1.24. The van der Waals surface area contributed by atoms with Gasteiger partial charge in [0.15, 0.2) is 4.90 Å². The lowest BCUT2D eigenvalue weighted by atomic mass is 10.3. The Morgan fingerprint density at radius 3 is 1.87 bits per heavy atom. The molecule has 1 aromatic rings. The van der Waals surface area contributed by atoms with Crippen molar-refractivity contribution in [2.75, 3.05) is 14.2 Å². The first kappa shape index (κ1) is 12.2. The molecule has 0 saturated carbocycles. The van der Waals surface area contributed by atoms with Gasteiger partial charge in [-0.1, -0.05) is 0 Å². The monoisotopic (exact) mass is 250 g/mol. The Bertz CT molecular complexity index is 441. The zero-order valence-corrected chi connectivity index (χ0v) is 9.80. The smallest absolute Gasteiger partial charge is 0.301 e. The van der Waals surface area contributed by atoms with Crippen molar-refractivity contribution in [1.29, 1.82) is 0 Å². The Balaban J connectivity index is 3.59. The quantitative estimate of drug-likeness (QED) is 0.623. The number of methoxy groups -OCH3 is 2. The highest BCUT2D eigenvalue weighted by Gasteiger charge is 2.23. The first-order valence-electron chi connectivity index (χ1n) is 3.82. The Morgan fingerprint density at radius 1 is 1.20 bits per heavy atom. The lowest BCUT2D eigenvalue weighted by Crippen LogP contribution is -2.04. The lowest BCUT2D eigenvalue weighted by molar-refractivity contribution is 0.365. The molecule has 0 fully saturated rings. The Labute approximate surface area is 93.2 Å². The van der Waals surface area contributed by atoms with Crippen molar-refractivity contribution in [2.24, 2.45) is 0 Å². The van der Waals surface area contributed by atoms with E-state index >= 15 is 0 Å². The maximum Gasteiger partial charge on any atom is 0.301 e. The van der Waals surface area contributed by atoms with E-state index in [1.807, 2.05) is 0 Å². The van der Waals surface area contributed by atoms with Gasteiger partial charge in [0, 0.05) is 4.90 Å². The lowest BCUT2D eigenvalue weighted by Gasteiger charge is -2.11. The van der Waals surface area contributed by atoms with Gasteiger partial charge in [0.25, 0.3) is 0 Å². The molecule has 0 aliphatic heterocycles. The fourth-order valence-corrected chi connectivity index (χ4v) is 2.15. The van der Waals surface area contributed by atoms with E-state index in [4.69, 9.17) is 14.0 Å². The van der Waals surface area contributed by atoms with Gasteiger partial charge >= 0.3 is 10.1 Å². The second kappa shape index (κ2) is 4.30. The molecule has 1 aromatic carbocycles. The van der Waals surface area contributed by atoms with Crippen LogP contribution in [-0.4, -0.2) is 27.2 Å². The number of benzene rings is 1. The summed E-state index contributed by atoms with van der Waals surface area (Å²) in [6.45, 7) is 0. The van der Waals surface area contributed by atoms with Crippen LogP contribution in [0.4, 0.5) is 0 Å². The molecule has 0 aromatic heterocycles. The molecular weight excluding hydrogens is 240 g/mol. The summed E-state index contributed by atoms with van der Waals surface area (Å²) in [6, 6.07) is 2.74. The van der Waals surface area contributed by atoms with E-state index < -0.39 is 15.0 Å². The first-order valence-corrected chi connectivity index (χ1v) is 5.71. The molecular formula is C8H10O5S2. The summed E-state index contributed by atoms with van der Waals surface area (Å²) in [7, 11) is -1.81. The summed E-state index contributed by atoms with van der Waals surface area (Å²) in [6.07, 6.45) is 0. The average molecular weight is 250 g/mol. The van der Waals surface area contributed by atoms with Crippen molar-refractivity contribution < 1.29 is 22.4 Å². The van der Waals surface area contributed by atoms with Crippen molar-refractivity contribution in [3.05, 3.63) is 12.1 Å². The number of rotatable bonds is 3. The number of ether oxygens (including phenoxy) is 2. The standard InChI is InChI=1S/C8H10O5S2/c1-12-6-3-5(14)4-7(13-2)8(6)15(9,10)11/h3-4,14H,1-2H3,(H,9,10,11). The Kier molecular flexibility index (Phi) is 3.48. The highest BCUT2D eigenvalue weighted by atomic mass is 32.2. The van der Waals surface area contributed by atoms with E-state index in [9.17, 15) is 8.42 Å². The molecule has 0 amide bonds. The largest absolute Gasteiger partial charge is 0.495 e. The topological polar surface area (TPSA) is 72.8 Å². The van der Waals surface area contributed by atoms with Crippen LogP contribution < -0.4 is 9.47 Å². The van der Waals surface area contributed by atoms with Gasteiger partial charge in [0.2, 0.25) is 0 Å². The summed E-state index contributed by atoms with van der Waals surface area (Å²) in [5, 5.41) is 0. The number of thiol groups is 1. The van der Waals surface area contributed by atoms with Gasteiger partial charge in [-0.25, -0.2) is 0 Å². The van der Waals surface area contributed by atoms with Crippen molar-refractivity contribution in [2.45, 2.75) is 9.79 Å². The van der Waals surface area contributed by atoms with E-state index in [-0.39, 0.29) is 11.5 Å². The highest BCUT2D eigenvalue weighted by Crippen LogP contribution is 2.35. The first-order chi connectivity index (χ1) is 6.90. The van der Waals surface area contributed by atoms with E-state index in [0.717, 1.165) is 0 Å². The SMILES string of the molecule is COc1cc(S)cc(OC)c1S(=O)(=O)O. The van der Waals surface area contributed by atoms with Crippen molar-refractivity contribution in [1.82, 2.24) is 0 Å². The molecule has 0 aliphatic carbocycles. The van der Waals surface area contributed by atoms with Crippen molar-refractivity contribution >= 4 is 22.7 Å². The normalized spacial score (nSPS) is 11.2. The molecule has 1 rings (SSSR count). The molecule has 7 heteroatoms. The predicted molar refractivity (Wildman–Crippen MR) is 56.6 cm³/mol. The summed E-state index contributed by atoms with van der Waals surface area (Å²) >= 11 is 4.04. The molecule has 0 atom stereocenters. The molecule has 0 unspecified atom stereocenters. The van der Waals surface area contributed by atoms with Crippen LogP contribution in [0.2, 0.25) is 0 Å². The van der Waals surface area contributed by atoms with Crippen LogP contribution in [0.25, 0.3) is 0 Å². The van der Waals surface area contributed by atoms with Crippen molar-refractivity contribution in [3.63, 3.8) is 0 Å². The summed E-state index contributed by atoms with van der Waals surface area (Å²) in [5.74, 6) is -0.0244. The van der Waals surface area contributed by atoms with E-state index in [2.05, 4.69) is 12.6 Å². The van der Waals surface area contributed by atoms with Crippen LogP contribution in [0.3, 0.4) is 0 Å². The van der Waals surface area contributed by atoms with Crippen LogP contribution in [0, 0.1) is 0 Å². The molecule has 0 spiro atoms. The highest BCUT2D eigenvalue weighted by molar-refractivity contribution is 7.86. The molecule has 0 heterocycles. The second-order valence-corrected chi connectivity index (χ2v) is 4.53. The molecule has 0 bridgehead atoms. The van der Waals surface area contributed by atoms with Crippen LogP contribution >= 0.6 is 12.6 Å². The summed E-state index contributed by atoms with van der Waals surface area (Å²) in [4.78, 5) is 0.0707. The second-order valence-electron chi connectivity index (χ2n) is 2.65. The Hall–Kier alpha value is -0.920. The third-order valence-corrected chi connectivity index (χ3v) is 2.88. The van der Waals surface area contributed by atoms with Crippen LogP contribution in [0.1, 0.15) is 0 Å². The fourth-order valence-electron chi connectivity index (χ4n) is 1.12. The van der Waals surface area contributed by atoms with Gasteiger partial charge in [0.05, 0.1) is 14.2 Å². The van der Waals surface area contributed by atoms with Crippen LogP contribution in [0.5, 0.6) is 11.5 Å². The third kappa shape index (κ3) is 2.55. The minimum Gasteiger partial charge on any atom is -0.495 e. The minimum absolute atomic E-state index is 0.0122. The Morgan fingerprint density at radius 2 is 1.60 bits per heavy atom. The van der Waals surface area contributed by atoms with E-state index in [1.54, 1.807) is 0 Å². The van der Waals surface area contributed by atoms with Gasteiger partial charge in [-0.3, -0.25) is 4.55 Å². The van der Waals surface area contributed by atoms with Gasteiger partial charge in [0.1, 0.15) is 11.5 Å². The molecule has 1 N–H and O–H groups in total. The maximum atomic E-state index is 11.1. The number of hydrogen-bond donors (Lipinski definition) is 2. The zero-order chi connectivity index (χ0) is 11.6. The molecule has 0 radical (unpaired) electrons.